The molecule has 4 heteroatoms. The van der Waals surface area contributed by atoms with Gasteiger partial charge in [-0.05, 0) is 61.7 Å². The van der Waals surface area contributed by atoms with Crippen molar-refractivity contribution < 1.29 is 4.39 Å². The van der Waals surface area contributed by atoms with Crippen LogP contribution in [0.5, 0.6) is 0 Å². The molecule has 1 aliphatic rings. The van der Waals surface area contributed by atoms with Crippen molar-refractivity contribution in [3.63, 3.8) is 0 Å². The van der Waals surface area contributed by atoms with E-state index in [0.29, 0.717) is 0 Å². The highest BCUT2D eigenvalue weighted by Crippen LogP contribution is 2.33. The summed E-state index contributed by atoms with van der Waals surface area (Å²) in [5.74, 6) is -0.211. The van der Waals surface area contributed by atoms with E-state index in [4.69, 9.17) is 4.98 Å². The van der Waals surface area contributed by atoms with Gasteiger partial charge in [0.25, 0.3) is 0 Å². The van der Waals surface area contributed by atoms with Crippen molar-refractivity contribution in [1.29, 1.82) is 0 Å². The minimum Gasteiger partial charge on any atom is -0.371 e. The molecule has 112 valence electrons. The van der Waals surface area contributed by atoms with Gasteiger partial charge in [-0.15, -0.1) is 11.3 Å². The predicted molar refractivity (Wildman–Crippen MR) is 91.1 cm³/mol. The van der Waals surface area contributed by atoms with Crippen LogP contribution in [0, 0.1) is 5.82 Å². The van der Waals surface area contributed by atoms with Crippen LogP contribution in [0.2, 0.25) is 0 Å². The number of aromatic nitrogens is 1. The number of fused-ring (bicyclic) bond motifs is 1. The van der Waals surface area contributed by atoms with Crippen LogP contribution in [0.25, 0.3) is 20.8 Å². The van der Waals surface area contributed by atoms with Crippen LogP contribution in [-0.2, 0) is 0 Å². The molecule has 2 nitrogen and oxygen atoms in total. The van der Waals surface area contributed by atoms with Gasteiger partial charge in [0.05, 0.1) is 10.2 Å². The maximum absolute atomic E-state index is 13.0. The monoisotopic (exact) mass is 312 g/mol. The number of thiazole rings is 1. The molecular weight excluding hydrogens is 295 g/mol. The number of halogens is 1. The number of anilines is 1. The first-order valence-corrected chi connectivity index (χ1v) is 8.53. The zero-order valence-corrected chi connectivity index (χ0v) is 13.1. The number of hydrogen-bond donors (Lipinski definition) is 0. The molecule has 0 radical (unpaired) electrons. The number of piperidine rings is 1. The summed E-state index contributed by atoms with van der Waals surface area (Å²) in [7, 11) is 0. The van der Waals surface area contributed by atoms with E-state index < -0.39 is 0 Å². The van der Waals surface area contributed by atoms with Crippen molar-refractivity contribution in [2.45, 2.75) is 19.3 Å². The Morgan fingerprint density at radius 2 is 1.73 bits per heavy atom. The fourth-order valence-corrected chi connectivity index (χ4v) is 3.93. The van der Waals surface area contributed by atoms with Gasteiger partial charge in [-0.3, -0.25) is 0 Å². The fraction of sp³-hybridized carbons (Fsp3) is 0.278. The van der Waals surface area contributed by atoms with Gasteiger partial charge >= 0.3 is 0 Å². The van der Waals surface area contributed by atoms with Crippen LogP contribution in [0.15, 0.2) is 42.5 Å². The van der Waals surface area contributed by atoms with Gasteiger partial charge in [0.1, 0.15) is 10.8 Å². The van der Waals surface area contributed by atoms with Crippen LogP contribution >= 0.6 is 11.3 Å². The van der Waals surface area contributed by atoms with Crippen LogP contribution in [0.4, 0.5) is 10.1 Å². The lowest BCUT2D eigenvalue weighted by Crippen LogP contribution is -2.29. The van der Waals surface area contributed by atoms with E-state index in [1.165, 1.54) is 41.8 Å². The molecule has 1 aliphatic heterocycles. The summed E-state index contributed by atoms with van der Waals surface area (Å²) in [5.41, 5.74) is 3.28. The van der Waals surface area contributed by atoms with E-state index in [1.807, 2.05) is 0 Å². The standard InChI is InChI=1S/C18H17FN2S/c19-14-6-4-13(5-7-14)18-20-16-12-15(8-9-17(16)22-18)21-10-2-1-3-11-21/h4-9,12H,1-3,10-11H2. The van der Waals surface area contributed by atoms with Crippen LogP contribution in [-0.4, -0.2) is 18.1 Å². The van der Waals surface area contributed by atoms with Crippen LogP contribution in [0.3, 0.4) is 0 Å². The van der Waals surface area contributed by atoms with Gasteiger partial charge < -0.3 is 4.90 Å². The normalized spacial score (nSPS) is 15.4. The molecule has 4 rings (SSSR count). The minimum absolute atomic E-state index is 0.211. The van der Waals surface area contributed by atoms with Crippen molar-refractivity contribution in [2.75, 3.05) is 18.0 Å². The van der Waals surface area contributed by atoms with Gasteiger partial charge in [0, 0.05) is 24.3 Å². The highest BCUT2D eigenvalue weighted by molar-refractivity contribution is 7.21. The van der Waals surface area contributed by atoms with E-state index in [-0.39, 0.29) is 5.82 Å². The van der Waals surface area contributed by atoms with E-state index in [9.17, 15) is 4.39 Å². The Hall–Kier alpha value is -1.94. The second-order valence-corrected chi connectivity index (χ2v) is 6.76. The molecule has 1 saturated heterocycles. The molecule has 0 spiro atoms. The Bertz CT molecular complexity index is 788. The lowest BCUT2D eigenvalue weighted by molar-refractivity contribution is 0.578. The van der Waals surface area contributed by atoms with Gasteiger partial charge in [0.2, 0.25) is 0 Å². The van der Waals surface area contributed by atoms with E-state index >= 15 is 0 Å². The lowest BCUT2D eigenvalue weighted by atomic mass is 10.1. The molecule has 2 heterocycles. The first-order valence-electron chi connectivity index (χ1n) is 7.71. The van der Waals surface area contributed by atoms with E-state index in [1.54, 1.807) is 23.5 Å². The SMILES string of the molecule is Fc1ccc(-c2nc3cc(N4CCCCC4)ccc3s2)cc1. The van der Waals surface area contributed by atoms with Gasteiger partial charge in [-0.25, -0.2) is 9.37 Å². The third-order valence-electron chi connectivity index (χ3n) is 4.18. The van der Waals surface area contributed by atoms with E-state index in [0.717, 1.165) is 29.2 Å². The van der Waals surface area contributed by atoms with Crippen molar-refractivity contribution in [2.24, 2.45) is 0 Å². The lowest BCUT2D eigenvalue weighted by Gasteiger charge is -2.28. The number of hydrogen-bond acceptors (Lipinski definition) is 3. The molecule has 0 unspecified atom stereocenters. The Balaban J connectivity index is 1.69. The quantitative estimate of drug-likeness (QED) is 0.655. The molecule has 22 heavy (non-hydrogen) atoms. The fourth-order valence-electron chi connectivity index (χ4n) is 2.98. The Morgan fingerprint density at radius 1 is 0.955 bits per heavy atom. The maximum atomic E-state index is 13.0. The molecule has 1 aromatic heterocycles. The molecule has 0 aliphatic carbocycles. The molecule has 0 bridgehead atoms. The second kappa shape index (κ2) is 5.69. The van der Waals surface area contributed by atoms with Gasteiger partial charge in [0.15, 0.2) is 0 Å². The van der Waals surface area contributed by atoms with Gasteiger partial charge in [-0.1, -0.05) is 0 Å². The Morgan fingerprint density at radius 3 is 2.50 bits per heavy atom. The third kappa shape index (κ3) is 2.59. The topological polar surface area (TPSA) is 16.1 Å². The molecule has 0 N–H and O–H groups in total. The van der Waals surface area contributed by atoms with Crippen molar-refractivity contribution in [3.05, 3.63) is 48.3 Å². The van der Waals surface area contributed by atoms with Crippen molar-refractivity contribution in [1.82, 2.24) is 4.98 Å². The van der Waals surface area contributed by atoms with Crippen LogP contribution in [0.1, 0.15) is 19.3 Å². The third-order valence-corrected chi connectivity index (χ3v) is 5.27. The Labute approximate surface area is 133 Å². The first-order chi connectivity index (χ1) is 10.8. The zero-order chi connectivity index (χ0) is 14.9. The summed E-state index contributed by atoms with van der Waals surface area (Å²) in [6.07, 6.45) is 3.88. The van der Waals surface area contributed by atoms with Crippen molar-refractivity contribution in [3.8, 4) is 10.6 Å². The first kappa shape index (κ1) is 13.7. The maximum Gasteiger partial charge on any atom is 0.124 e. The predicted octanol–water partition coefficient (Wildman–Crippen LogP) is 5.09. The molecule has 2 aromatic carbocycles. The van der Waals surface area contributed by atoms with Crippen molar-refractivity contribution >= 4 is 27.2 Å². The zero-order valence-electron chi connectivity index (χ0n) is 12.3. The largest absolute Gasteiger partial charge is 0.371 e. The summed E-state index contributed by atoms with van der Waals surface area (Å²) in [6.45, 7) is 2.28. The van der Waals surface area contributed by atoms with Gasteiger partial charge in [-0.2, -0.15) is 0 Å². The molecule has 3 aromatic rings. The molecule has 1 fully saturated rings. The highest BCUT2D eigenvalue weighted by Gasteiger charge is 2.13. The number of rotatable bonds is 2. The molecule has 0 amide bonds. The smallest absolute Gasteiger partial charge is 0.124 e. The second-order valence-electron chi connectivity index (χ2n) is 5.73. The summed E-state index contributed by atoms with van der Waals surface area (Å²) in [4.78, 5) is 7.18. The Kier molecular flexibility index (Phi) is 3.54. The molecule has 0 saturated carbocycles. The summed E-state index contributed by atoms with van der Waals surface area (Å²) < 4.78 is 14.2. The summed E-state index contributed by atoms with van der Waals surface area (Å²) in [6, 6.07) is 13.1. The van der Waals surface area contributed by atoms with Crippen LogP contribution < -0.4 is 4.90 Å². The minimum atomic E-state index is -0.211. The molecule has 0 atom stereocenters. The molecular formula is C18H17FN2S. The van der Waals surface area contributed by atoms with E-state index in [2.05, 4.69) is 23.1 Å². The summed E-state index contributed by atoms with van der Waals surface area (Å²) in [5, 5.41) is 0.950. The number of benzene rings is 2. The average molecular weight is 312 g/mol. The highest BCUT2D eigenvalue weighted by atomic mass is 32.1. The number of nitrogens with zero attached hydrogens (tertiary/aromatic N) is 2. The average Bonchev–Trinajstić information content (AvgIpc) is 2.99. The summed E-state index contributed by atoms with van der Waals surface area (Å²) >= 11 is 1.66.